The molecule has 106 valence electrons. The number of hydrogen-bond acceptors (Lipinski definition) is 5. The molecule has 2 aromatic rings. The van der Waals surface area contributed by atoms with Crippen LogP contribution in [-0.2, 0) is 4.74 Å². The smallest absolute Gasteiger partial charge is 0.411 e. The summed E-state index contributed by atoms with van der Waals surface area (Å²) in [4.78, 5) is 23.1. The van der Waals surface area contributed by atoms with E-state index in [9.17, 15) is 9.59 Å². The van der Waals surface area contributed by atoms with E-state index in [1.807, 2.05) is 6.92 Å². The minimum absolute atomic E-state index is 0.257. The van der Waals surface area contributed by atoms with Gasteiger partial charge in [-0.15, -0.1) is 0 Å². The maximum atomic E-state index is 11.7. The standard InChI is InChI=1S/C14H16N2O4/c1-4-19-14(18)16-11-6-12-9(5-10(11)15)7(2)8(3)13(17)20-12/h5-6H,4,15H2,1-3H3,(H,16,18). The first-order valence-corrected chi connectivity index (χ1v) is 6.21. The molecule has 0 fully saturated rings. The van der Waals surface area contributed by atoms with Gasteiger partial charge >= 0.3 is 11.7 Å². The number of amides is 1. The van der Waals surface area contributed by atoms with Gasteiger partial charge in [-0.3, -0.25) is 5.32 Å². The lowest BCUT2D eigenvalue weighted by Gasteiger charge is -2.11. The zero-order chi connectivity index (χ0) is 14.9. The Kier molecular flexibility index (Phi) is 3.65. The second-order valence-corrected chi connectivity index (χ2v) is 4.42. The molecule has 1 heterocycles. The fourth-order valence-electron chi connectivity index (χ4n) is 1.89. The first kappa shape index (κ1) is 13.9. The second-order valence-electron chi connectivity index (χ2n) is 4.42. The molecule has 3 N–H and O–H groups in total. The number of aryl methyl sites for hydroxylation is 1. The molecule has 0 aliphatic heterocycles. The van der Waals surface area contributed by atoms with Gasteiger partial charge in [0.1, 0.15) is 5.58 Å². The molecule has 0 saturated heterocycles. The predicted octanol–water partition coefficient (Wildman–Crippen LogP) is 2.56. The van der Waals surface area contributed by atoms with E-state index < -0.39 is 11.7 Å². The summed E-state index contributed by atoms with van der Waals surface area (Å²) in [7, 11) is 0. The third-order valence-corrected chi connectivity index (χ3v) is 3.14. The molecular formula is C14H16N2O4. The van der Waals surface area contributed by atoms with Gasteiger partial charge < -0.3 is 14.9 Å². The van der Waals surface area contributed by atoms with Crippen LogP contribution < -0.4 is 16.7 Å². The van der Waals surface area contributed by atoms with Gasteiger partial charge in [0.15, 0.2) is 0 Å². The monoisotopic (exact) mass is 276 g/mol. The number of nitrogens with two attached hydrogens (primary N) is 1. The Morgan fingerprint density at radius 2 is 2.05 bits per heavy atom. The van der Waals surface area contributed by atoms with Crippen molar-refractivity contribution in [1.82, 2.24) is 0 Å². The molecular weight excluding hydrogens is 260 g/mol. The number of nitrogen functional groups attached to an aromatic ring is 1. The van der Waals surface area contributed by atoms with Crippen LogP contribution in [0.25, 0.3) is 11.0 Å². The zero-order valence-corrected chi connectivity index (χ0v) is 11.6. The molecule has 0 unspecified atom stereocenters. The van der Waals surface area contributed by atoms with Gasteiger partial charge in [0.2, 0.25) is 0 Å². The first-order chi connectivity index (χ1) is 9.43. The van der Waals surface area contributed by atoms with Gasteiger partial charge in [0.05, 0.1) is 18.0 Å². The largest absolute Gasteiger partial charge is 0.450 e. The number of anilines is 2. The number of fused-ring (bicyclic) bond motifs is 1. The second kappa shape index (κ2) is 5.24. The van der Waals surface area contributed by atoms with Gasteiger partial charge in [0.25, 0.3) is 0 Å². The normalized spacial score (nSPS) is 10.6. The summed E-state index contributed by atoms with van der Waals surface area (Å²) >= 11 is 0. The summed E-state index contributed by atoms with van der Waals surface area (Å²) in [6.07, 6.45) is -0.607. The number of benzene rings is 1. The summed E-state index contributed by atoms with van der Waals surface area (Å²) in [6, 6.07) is 3.19. The van der Waals surface area contributed by atoms with Crippen molar-refractivity contribution in [2.75, 3.05) is 17.7 Å². The van der Waals surface area contributed by atoms with Crippen molar-refractivity contribution in [1.29, 1.82) is 0 Å². The number of carbonyl (C=O) groups is 1. The highest BCUT2D eigenvalue weighted by atomic mass is 16.5. The van der Waals surface area contributed by atoms with E-state index in [2.05, 4.69) is 5.32 Å². The fourth-order valence-corrected chi connectivity index (χ4v) is 1.89. The van der Waals surface area contributed by atoms with E-state index in [0.717, 1.165) is 10.9 Å². The van der Waals surface area contributed by atoms with E-state index in [0.29, 0.717) is 22.5 Å². The Morgan fingerprint density at radius 1 is 1.35 bits per heavy atom. The summed E-state index contributed by atoms with van der Waals surface area (Å²) in [5, 5.41) is 3.25. The van der Waals surface area contributed by atoms with Crippen molar-refractivity contribution in [3.63, 3.8) is 0 Å². The molecule has 6 heteroatoms. The minimum atomic E-state index is -0.607. The first-order valence-electron chi connectivity index (χ1n) is 6.21. The Morgan fingerprint density at radius 3 is 2.70 bits per heavy atom. The number of carbonyl (C=O) groups excluding carboxylic acids is 1. The topological polar surface area (TPSA) is 94.6 Å². The van der Waals surface area contributed by atoms with Gasteiger partial charge in [0, 0.05) is 17.0 Å². The van der Waals surface area contributed by atoms with Crippen LogP contribution in [0.15, 0.2) is 21.3 Å². The Labute approximate surface area is 115 Å². The highest BCUT2D eigenvalue weighted by molar-refractivity contribution is 5.96. The average molecular weight is 276 g/mol. The molecule has 0 radical (unpaired) electrons. The van der Waals surface area contributed by atoms with Crippen LogP contribution in [0.1, 0.15) is 18.1 Å². The lowest BCUT2D eigenvalue weighted by Crippen LogP contribution is -2.14. The summed E-state index contributed by atoms with van der Waals surface area (Å²) in [5.74, 6) is 0. The Balaban J connectivity index is 2.55. The molecule has 0 spiro atoms. The van der Waals surface area contributed by atoms with Gasteiger partial charge in [-0.25, -0.2) is 9.59 Å². The maximum Gasteiger partial charge on any atom is 0.411 e. The van der Waals surface area contributed by atoms with Crippen molar-refractivity contribution < 1.29 is 13.9 Å². The Hall–Kier alpha value is -2.50. The molecule has 0 bridgehead atoms. The zero-order valence-electron chi connectivity index (χ0n) is 11.6. The third-order valence-electron chi connectivity index (χ3n) is 3.14. The third kappa shape index (κ3) is 2.45. The summed E-state index contributed by atoms with van der Waals surface area (Å²) < 4.78 is 9.99. The molecule has 0 aliphatic rings. The number of hydrogen-bond donors (Lipinski definition) is 2. The van der Waals surface area contributed by atoms with Crippen LogP contribution in [0.4, 0.5) is 16.2 Å². The quantitative estimate of drug-likeness (QED) is 0.649. The molecule has 2 rings (SSSR count). The van der Waals surface area contributed by atoms with Crippen molar-refractivity contribution in [3.05, 3.63) is 33.7 Å². The van der Waals surface area contributed by atoms with Crippen molar-refractivity contribution in [2.45, 2.75) is 20.8 Å². The SMILES string of the molecule is CCOC(=O)Nc1cc2oc(=O)c(C)c(C)c2cc1N. The Bertz CT molecular complexity index is 734. The maximum absolute atomic E-state index is 11.7. The van der Waals surface area contributed by atoms with Gasteiger partial charge in [-0.2, -0.15) is 0 Å². The molecule has 1 aromatic heterocycles. The molecule has 6 nitrogen and oxygen atoms in total. The number of nitrogens with one attached hydrogen (secondary N) is 1. The van der Waals surface area contributed by atoms with Crippen molar-refractivity contribution in [3.8, 4) is 0 Å². The van der Waals surface area contributed by atoms with Crippen LogP contribution in [0.5, 0.6) is 0 Å². The molecule has 20 heavy (non-hydrogen) atoms. The molecule has 0 atom stereocenters. The molecule has 0 aliphatic carbocycles. The van der Waals surface area contributed by atoms with E-state index >= 15 is 0 Å². The lowest BCUT2D eigenvalue weighted by molar-refractivity contribution is 0.168. The molecule has 1 aromatic carbocycles. The van der Waals surface area contributed by atoms with Crippen LogP contribution in [0.2, 0.25) is 0 Å². The predicted molar refractivity (Wildman–Crippen MR) is 77.0 cm³/mol. The number of ether oxygens (including phenoxy) is 1. The fraction of sp³-hybridized carbons (Fsp3) is 0.286. The highest BCUT2D eigenvalue weighted by Gasteiger charge is 2.12. The van der Waals surface area contributed by atoms with Gasteiger partial charge in [-0.05, 0) is 32.4 Å². The average Bonchev–Trinajstić information content (AvgIpc) is 2.39. The minimum Gasteiger partial charge on any atom is -0.450 e. The van der Waals surface area contributed by atoms with Crippen LogP contribution in [0.3, 0.4) is 0 Å². The van der Waals surface area contributed by atoms with E-state index in [1.54, 1.807) is 19.9 Å². The number of rotatable bonds is 2. The van der Waals surface area contributed by atoms with Crippen LogP contribution in [-0.4, -0.2) is 12.7 Å². The van der Waals surface area contributed by atoms with Crippen molar-refractivity contribution in [2.24, 2.45) is 0 Å². The van der Waals surface area contributed by atoms with E-state index in [-0.39, 0.29) is 6.61 Å². The van der Waals surface area contributed by atoms with E-state index in [1.165, 1.54) is 6.07 Å². The van der Waals surface area contributed by atoms with Crippen LogP contribution >= 0.6 is 0 Å². The lowest BCUT2D eigenvalue weighted by atomic mass is 10.1. The van der Waals surface area contributed by atoms with Crippen molar-refractivity contribution >= 4 is 28.4 Å². The molecule has 1 amide bonds. The summed E-state index contributed by atoms with van der Waals surface area (Å²) in [6.45, 7) is 5.48. The highest BCUT2D eigenvalue weighted by Crippen LogP contribution is 2.28. The van der Waals surface area contributed by atoms with Gasteiger partial charge in [-0.1, -0.05) is 0 Å². The van der Waals surface area contributed by atoms with E-state index in [4.69, 9.17) is 14.9 Å². The van der Waals surface area contributed by atoms with Crippen LogP contribution in [0, 0.1) is 13.8 Å². The molecule has 0 saturated carbocycles. The summed E-state index contributed by atoms with van der Waals surface area (Å²) in [5.41, 5.74) is 7.95.